The lowest BCUT2D eigenvalue weighted by Crippen LogP contribution is -2.49. The number of benzene rings is 1. The van der Waals surface area contributed by atoms with Crippen LogP contribution in [0.25, 0.3) is 0 Å². The van der Waals surface area contributed by atoms with E-state index < -0.39 is 0 Å². The third-order valence-electron chi connectivity index (χ3n) is 4.72. The molecule has 0 bridgehead atoms. The lowest BCUT2D eigenvalue weighted by molar-refractivity contribution is 0.225. The summed E-state index contributed by atoms with van der Waals surface area (Å²) in [5, 5.41) is 6.97. The number of piperidine rings is 1. The van der Waals surface area contributed by atoms with E-state index >= 15 is 0 Å². The predicted molar refractivity (Wildman–Crippen MR) is 121 cm³/mol. The van der Waals surface area contributed by atoms with Crippen LogP contribution >= 0.6 is 24.0 Å². The summed E-state index contributed by atoms with van der Waals surface area (Å²) in [7, 11) is 3.55. The maximum absolute atomic E-state index is 5.39. The van der Waals surface area contributed by atoms with Gasteiger partial charge in [0.25, 0.3) is 0 Å². The highest BCUT2D eigenvalue weighted by Gasteiger charge is 2.18. The second-order valence-corrected chi connectivity index (χ2v) is 6.56. The number of likely N-dealkylation sites (tertiary alicyclic amines) is 1. The normalized spacial score (nSPS) is 15.9. The number of halogens is 1. The van der Waals surface area contributed by atoms with Gasteiger partial charge in [-0.15, -0.1) is 30.6 Å². The van der Waals surface area contributed by atoms with Gasteiger partial charge in [0.2, 0.25) is 0 Å². The topological polar surface area (TPSA) is 48.9 Å². The van der Waals surface area contributed by atoms with Crippen LogP contribution in [-0.4, -0.2) is 57.2 Å². The van der Waals surface area contributed by atoms with Gasteiger partial charge in [0.05, 0.1) is 7.11 Å². The maximum Gasteiger partial charge on any atom is 0.191 e. The molecule has 1 aliphatic rings. The Morgan fingerprint density at radius 2 is 2.12 bits per heavy atom. The fourth-order valence-electron chi connectivity index (χ4n) is 3.18. The largest absolute Gasteiger partial charge is 0.496 e. The standard InChI is InChI=1S/C20H32N4O.HI/c1-5-12-24-13-9-18(10-14-24)23-20(21-3)22-11-8-17-7-6-16(2)19(15-17)25-4;/h5-7,15,18H,1,8-14H2,2-4H3,(H2,21,22,23);1H. The molecule has 0 saturated carbocycles. The summed E-state index contributed by atoms with van der Waals surface area (Å²) >= 11 is 0. The second-order valence-electron chi connectivity index (χ2n) is 6.56. The fourth-order valence-corrected chi connectivity index (χ4v) is 3.18. The quantitative estimate of drug-likeness (QED) is 0.277. The minimum atomic E-state index is 0. The average molecular weight is 472 g/mol. The molecule has 1 aromatic rings. The predicted octanol–water partition coefficient (Wildman–Crippen LogP) is 2.98. The van der Waals surface area contributed by atoms with Crippen molar-refractivity contribution >= 4 is 29.9 Å². The van der Waals surface area contributed by atoms with E-state index in [0.717, 1.165) is 57.2 Å². The van der Waals surface area contributed by atoms with Crippen molar-refractivity contribution in [3.05, 3.63) is 42.0 Å². The summed E-state index contributed by atoms with van der Waals surface area (Å²) in [5.74, 6) is 1.84. The molecule has 1 fully saturated rings. The summed E-state index contributed by atoms with van der Waals surface area (Å²) in [6.45, 7) is 9.94. The zero-order chi connectivity index (χ0) is 18.1. The highest BCUT2D eigenvalue weighted by Crippen LogP contribution is 2.19. The van der Waals surface area contributed by atoms with E-state index in [1.807, 2.05) is 13.1 Å². The van der Waals surface area contributed by atoms with Crippen LogP contribution in [0.1, 0.15) is 24.0 Å². The van der Waals surface area contributed by atoms with Crippen LogP contribution in [-0.2, 0) is 6.42 Å². The number of ether oxygens (including phenoxy) is 1. The number of nitrogens with one attached hydrogen (secondary N) is 2. The summed E-state index contributed by atoms with van der Waals surface area (Å²) < 4.78 is 5.39. The SMILES string of the molecule is C=CCN1CCC(NC(=NC)NCCc2ccc(C)c(OC)c2)CC1.I. The lowest BCUT2D eigenvalue weighted by Gasteiger charge is -2.32. The molecule has 2 rings (SSSR count). The van der Waals surface area contributed by atoms with Crippen molar-refractivity contribution in [1.29, 1.82) is 0 Å². The zero-order valence-corrected chi connectivity index (χ0v) is 18.6. The van der Waals surface area contributed by atoms with E-state index in [9.17, 15) is 0 Å². The first kappa shape index (κ1) is 22.8. The van der Waals surface area contributed by atoms with Gasteiger partial charge in [-0.05, 0) is 43.4 Å². The third-order valence-corrected chi connectivity index (χ3v) is 4.72. The molecule has 1 heterocycles. The Morgan fingerprint density at radius 1 is 1.38 bits per heavy atom. The molecule has 0 unspecified atom stereocenters. The number of guanidine groups is 1. The molecule has 0 amide bonds. The Labute approximate surface area is 175 Å². The van der Waals surface area contributed by atoms with E-state index in [2.05, 4.69) is 52.2 Å². The average Bonchev–Trinajstić information content (AvgIpc) is 2.64. The number of methoxy groups -OCH3 is 1. The van der Waals surface area contributed by atoms with Crippen LogP contribution in [0.15, 0.2) is 35.8 Å². The van der Waals surface area contributed by atoms with Gasteiger partial charge in [0.15, 0.2) is 5.96 Å². The molecule has 146 valence electrons. The molecule has 1 saturated heterocycles. The molecule has 1 aromatic carbocycles. The van der Waals surface area contributed by atoms with Crippen molar-refractivity contribution in [2.75, 3.05) is 40.3 Å². The zero-order valence-electron chi connectivity index (χ0n) is 16.3. The monoisotopic (exact) mass is 472 g/mol. The van der Waals surface area contributed by atoms with Crippen molar-refractivity contribution in [3.8, 4) is 5.75 Å². The second kappa shape index (κ2) is 12.2. The van der Waals surface area contributed by atoms with Gasteiger partial charge in [-0.25, -0.2) is 0 Å². The Kier molecular flexibility index (Phi) is 10.7. The smallest absolute Gasteiger partial charge is 0.191 e. The van der Waals surface area contributed by atoms with Gasteiger partial charge < -0.3 is 15.4 Å². The number of nitrogens with zero attached hydrogens (tertiary/aromatic N) is 2. The lowest BCUT2D eigenvalue weighted by atomic mass is 10.1. The molecule has 26 heavy (non-hydrogen) atoms. The molecule has 1 aliphatic heterocycles. The molecule has 0 radical (unpaired) electrons. The van der Waals surface area contributed by atoms with Gasteiger partial charge >= 0.3 is 0 Å². The summed E-state index contributed by atoms with van der Waals surface area (Å²) in [6.07, 6.45) is 5.21. The van der Waals surface area contributed by atoms with Crippen molar-refractivity contribution in [2.45, 2.75) is 32.2 Å². The molecule has 0 aromatic heterocycles. The van der Waals surface area contributed by atoms with E-state index in [0.29, 0.717) is 6.04 Å². The Bertz CT molecular complexity index is 583. The molecule has 0 atom stereocenters. The molecule has 5 nitrogen and oxygen atoms in total. The van der Waals surface area contributed by atoms with Gasteiger partial charge in [-0.2, -0.15) is 0 Å². The number of aryl methyl sites for hydroxylation is 1. The minimum absolute atomic E-state index is 0. The van der Waals surface area contributed by atoms with Gasteiger partial charge in [0.1, 0.15) is 5.75 Å². The first-order valence-electron chi connectivity index (χ1n) is 9.10. The van der Waals surface area contributed by atoms with Gasteiger partial charge in [-0.3, -0.25) is 9.89 Å². The van der Waals surface area contributed by atoms with E-state index in [1.54, 1.807) is 7.11 Å². The van der Waals surface area contributed by atoms with Crippen LogP contribution in [0.5, 0.6) is 5.75 Å². The first-order valence-corrected chi connectivity index (χ1v) is 9.10. The van der Waals surface area contributed by atoms with Crippen molar-refractivity contribution < 1.29 is 4.74 Å². The molecular formula is C20H33IN4O. The van der Waals surface area contributed by atoms with Crippen LogP contribution in [0.4, 0.5) is 0 Å². The Hall–Kier alpha value is -1.28. The molecule has 2 N–H and O–H groups in total. The van der Waals surface area contributed by atoms with Gasteiger partial charge in [0, 0.05) is 39.3 Å². The number of aliphatic imine (C=N–C) groups is 1. The molecular weight excluding hydrogens is 439 g/mol. The van der Waals surface area contributed by atoms with Crippen LogP contribution in [0, 0.1) is 6.92 Å². The van der Waals surface area contributed by atoms with Crippen molar-refractivity contribution in [1.82, 2.24) is 15.5 Å². The number of hydrogen-bond acceptors (Lipinski definition) is 3. The van der Waals surface area contributed by atoms with Crippen molar-refractivity contribution in [3.63, 3.8) is 0 Å². The highest BCUT2D eigenvalue weighted by molar-refractivity contribution is 14.0. The molecule has 6 heteroatoms. The summed E-state index contributed by atoms with van der Waals surface area (Å²) in [4.78, 5) is 6.79. The summed E-state index contributed by atoms with van der Waals surface area (Å²) in [5.41, 5.74) is 2.43. The maximum atomic E-state index is 5.39. The summed E-state index contributed by atoms with van der Waals surface area (Å²) in [6, 6.07) is 6.87. The van der Waals surface area contributed by atoms with E-state index in [1.165, 1.54) is 11.1 Å². The van der Waals surface area contributed by atoms with E-state index in [-0.39, 0.29) is 24.0 Å². The minimum Gasteiger partial charge on any atom is -0.496 e. The van der Waals surface area contributed by atoms with Gasteiger partial charge in [-0.1, -0.05) is 18.2 Å². The Morgan fingerprint density at radius 3 is 2.73 bits per heavy atom. The number of hydrogen-bond donors (Lipinski definition) is 2. The van der Waals surface area contributed by atoms with Crippen LogP contribution in [0.3, 0.4) is 0 Å². The highest BCUT2D eigenvalue weighted by atomic mass is 127. The first-order chi connectivity index (χ1) is 12.2. The Balaban J connectivity index is 0.00000338. The van der Waals surface area contributed by atoms with Crippen LogP contribution in [0.2, 0.25) is 0 Å². The molecule has 0 spiro atoms. The third kappa shape index (κ3) is 7.15. The molecule has 0 aliphatic carbocycles. The van der Waals surface area contributed by atoms with E-state index in [4.69, 9.17) is 4.74 Å². The van der Waals surface area contributed by atoms with Crippen molar-refractivity contribution in [2.24, 2.45) is 4.99 Å². The van der Waals surface area contributed by atoms with Crippen LogP contribution < -0.4 is 15.4 Å². The fraction of sp³-hybridized carbons (Fsp3) is 0.550. The number of rotatable bonds is 7.